The monoisotopic (exact) mass is 1150 g/mol. The van der Waals surface area contributed by atoms with Crippen LogP contribution in [0.15, 0.2) is 324 Å². The van der Waals surface area contributed by atoms with Crippen molar-refractivity contribution in [1.82, 2.24) is 0 Å². The van der Waals surface area contributed by atoms with E-state index in [0.29, 0.717) is 5.02 Å². The average molecular weight is 1150 g/mol. The number of hydrogen-bond donors (Lipinski definition) is 0. The van der Waals surface area contributed by atoms with Gasteiger partial charge in [-0.25, -0.2) is 0 Å². The number of para-hydroxylation sites is 8. The molecule has 0 saturated heterocycles. The first-order chi connectivity index (χ1) is 43.7. The van der Waals surface area contributed by atoms with Crippen LogP contribution in [0.5, 0.6) is 0 Å². The highest BCUT2D eigenvalue weighted by molar-refractivity contribution is 7.02. The molecule has 18 rings (SSSR count). The minimum absolute atomic E-state index is 0.0373. The smallest absolute Gasteiger partial charge is 0.252 e. The first-order valence-electron chi connectivity index (χ1n) is 29.8. The minimum atomic E-state index is 0.0373. The van der Waals surface area contributed by atoms with E-state index in [4.69, 9.17) is 20.4 Å². The maximum atomic E-state index is 7.55. The van der Waals surface area contributed by atoms with E-state index in [2.05, 4.69) is 305 Å². The molecule has 0 N–H and O–H groups in total. The Morgan fingerprint density at radius 1 is 0.318 bits per heavy atom. The van der Waals surface area contributed by atoms with Gasteiger partial charge in [0.2, 0.25) is 0 Å². The summed E-state index contributed by atoms with van der Waals surface area (Å²) in [6, 6.07) is 111. The molecule has 14 aromatic carbocycles. The van der Waals surface area contributed by atoms with Crippen LogP contribution < -0.4 is 36.0 Å². The van der Waals surface area contributed by atoms with Crippen LogP contribution in [0.4, 0.5) is 68.2 Å². The molecule has 0 aliphatic carbocycles. The van der Waals surface area contributed by atoms with Crippen molar-refractivity contribution in [3.8, 4) is 0 Å². The van der Waals surface area contributed by atoms with Gasteiger partial charge in [-0.05, 0) is 136 Å². The molecule has 16 aromatic rings. The van der Waals surface area contributed by atoms with Crippen LogP contribution in [0.1, 0.15) is 0 Å². The first-order valence-corrected chi connectivity index (χ1v) is 30.2. The van der Waals surface area contributed by atoms with Gasteiger partial charge in [0, 0.05) is 67.0 Å². The fraction of sp³-hybridized carbons (Fsp3) is 0. The van der Waals surface area contributed by atoms with Crippen molar-refractivity contribution in [1.29, 1.82) is 0 Å². The SMILES string of the molecule is Clc1c(N(c2ccccc2)c2ccccc2)cccc1N(c1ccccc1)c1cc2ccccc2c2oc3ccccc3c12.c1ccc(N2c3ccccc3B3c4c2cccc4N(c2ccccc2)c2c3c3ccccc3c3oc4ccccc4c23)cc1. The van der Waals surface area contributed by atoms with Gasteiger partial charge in [0.05, 0.1) is 38.5 Å². The summed E-state index contributed by atoms with van der Waals surface area (Å²) in [5.41, 5.74) is 20.4. The summed E-state index contributed by atoms with van der Waals surface area (Å²) in [6.07, 6.45) is 0. The fourth-order valence-electron chi connectivity index (χ4n) is 13.9. The summed E-state index contributed by atoms with van der Waals surface area (Å²) in [4.78, 5) is 9.39. The lowest BCUT2D eigenvalue weighted by Crippen LogP contribution is -2.61. The number of rotatable bonds is 8. The highest BCUT2D eigenvalue weighted by Gasteiger charge is 2.45. The number of hydrogen-bond acceptors (Lipinski definition) is 6. The summed E-state index contributed by atoms with van der Waals surface area (Å²) in [6.45, 7) is 0.0373. The molecule has 0 saturated carbocycles. The summed E-state index contributed by atoms with van der Waals surface area (Å²) >= 11 is 7.55. The third-order valence-corrected chi connectivity index (χ3v) is 17.9. The van der Waals surface area contributed by atoms with Gasteiger partial charge in [0.1, 0.15) is 22.3 Å². The van der Waals surface area contributed by atoms with Gasteiger partial charge in [-0.1, -0.05) is 218 Å². The first kappa shape index (κ1) is 51.2. The molecule has 88 heavy (non-hydrogen) atoms. The van der Waals surface area contributed by atoms with Crippen molar-refractivity contribution in [2.75, 3.05) is 19.6 Å². The van der Waals surface area contributed by atoms with Crippen LogP contribution in [-0.4, -0.2) is 6.71 Å². The van der Waals surface area contributed by atoms with Crippen LogP contribution in [0, 0.1) is 0 Å². The second kappa shape index (κ2) is 21.1. The van der Waals surface area contributed by atoms with Gasteiger partial charge in [-0.3, -0.25) is 0 Å². The molecule has 0 unspecified atom stereocenters. The Labute approximate surface area is 514 Å². The van der Waals surface area contributed by atoms with Gasteiger partial charge in [0.15, 0.2) is 0 Å². The molecular formula is C80H52BClN4O2. The fourth-order valence-corrected chi connectivity index (χ4v) is 14.2. The Balaban J connectivity index is 0.000000137. The van der Waals surface area contributed by atoms with Gasteiger partial charge < -0.3 is 28.4 Å². The summed E-state index contributed by atoms with van der Waals surface area (Å²) < 4.78 is 13.3. The van der Waals surface area contributed by atoms with E-state index >= 15 is 0 Å². The van der Waals surface area contributed by atoms with E-state index in [1.165, 1.54) is 44.5 Å². The van der Waals surface area contributed by atoms with Crippen molar-refractivity contribution in [2.45, 2.75) is 0 Å². The second-order valence-corrected chi connectivity index (χ2v) is 22.7. The highest BCUT2D eigenvalue weighted by Crippen LogP contribution is 2.52. The van der Waals surface area contributed by atoms with Crippen LogP contribution in [-0.2, 0) is 0 Å². The Morgan fingerprint density at radius 3 is 1.38 bits per heavy atom. The molecular weight excluding hydrogens is 1100 g/mol. The molecule has 2 aliphatic rings. The number of benzene rings is 14. The third kappa shape index (κ3) is 8.12. The van der Waals surface area contributed by atoms with Crippen molar-refractivity contribution < 1.29 is 8.83 Å². The number of anilines is 12. The molecule has 0 spiro atoms. The van der Waals surface area contributed by atoms with E-state index in [9.17, 15) is 0 Å². The molecule has 6 nitrogen and oxygen atoms in total. The van der Waals surface area contributed by atoms with Crippen molar-refractivity contribution in [3.05, 3.63) is 320 Å². The number of furan rings is 2. The lowest BCUT2D eigenvalue weighted by Gasteiger charge is -2.44. The molecule has 2 aromatic heterocycles. The van der Waals surface area contributed by atoms with E-state index in [-0.39, 0.29) is 6.71 Å². The van der Waals surface area contributed by atoms with E-state index in [1.54, 1.807) is 0 Å². The van der Waals surface area contributed by atoms with Crippen molar-refractivity contribution in [2.24, 2.45) is 0 Å². The maximum Gasteiger partial charge on any atom is 0.252 e. The molecule has 0 amide bonds. The van der Waals surface area contributed by atoms with Crippen molar-refractivity contribution in [3.63, 3.8) is 0 Å². The minimum Gasteiger partial charge on any atom is -0.455 e. The lowest BCUT2D eigenvalue weighted by atomic mass is 9.33. The summed E-state index contributed by atoms with van der Waals surface area (Å²) in [5, 5.41) is 9.60. The third-order valence-electron chi connectivity index (χ3n) is 17.5. The highest BCUT2D eigenvalue weighted by atomic mass is 35.5. The van der Waals surface area contributed by atoms with Gasteiger partial charge in [0.25, 0.3) is 6.71 Å². The van der Waals surface area contributed by atoms with Gasteiger partial charge >= 0.3 is 0 Å². The Hall–Kier alpha value is -11.2. The van der Waals surface area contributed by atoms with Gasteiger partial charge in [-0.15, -0.1) is 0 Å². The predicted molar refractivity (Wildman–Crippen MR) is 371 cm³/mol. The zero-order valence-corrected chi connectivity index (χ0v) is 48.3. The molecule has 0 fully saturated rings. The lowest BCUT2D eigenvalue weighted by molar-refractivity contribution is 0.672. The Morgan fingerprint density at radius 2 is 0.750 bits per heavy atom. The molecule has 2 aliphatic heterocycles. The quantitative estimate of drug-likeness (QED) is 0.141. The molecule has 4 heterocycles. The predicted octanol–water partition coefficient (Wildman–Crippen LogP) is 21.2. The Kier molecular flexibility index (Phi) is 12.3. The van der Waals surface area contributed by atoms with E-state index < -0.39 is 0 Å². The summed E-state index contributed by atoms with van der Waals surface area (Å²) in [7, 11) is 0. The topological polar surface area (TPSA) is 39.2 Å². The Bertz CT molecular complexity index is 5290. The number of halogens is 1. The molecule has 8 heteroatoms. The molecule has 0 atom stereocenters. The van der Waals surface area contributed by atoms with Crippen LogP contribution in [0.3, 0.4) is 0 Å². The standard InChI is InChI=1S/C40H25BN2O.C40H27ClN2O/c1-3-14-26(15-4-1)42-32-22-11-10-21-31(32)41-37-28-18-7-8-19-29(28)40-36(30-20-9-12-25-35(30)44-40)39(37)43(27-16-5-2-6-17-27)34-24-13-23-33(42)38(34)41;41-39-34(42(29-16-4-1-5-17-29)30-18-6-2-7-19-30)24-14-25-35(39)43(31-20-8-3-9-21-31)36-27-28-15-10-11-22-32(28)40-38(36)33-23-12-13-26-37(33)44-40/h1-25H;1-27H. The zero-order valence-electron chi connectivity index (χ0n) is 47.6. The largest absolute Gasteiger partial charge is 0.455 e. The maximum absolute atomic E-state index is 7.55. The normalized spacial score (nSPS) is 12.3. The van der Waals surface area contributed by atoms with Crippen LogP contribution in [0.2, 0.25) is 5.02 Å². The molecule has 0 radical (unpaired) electrons. The zero-order chi connectivity index (χ0) is 58.2. The molecule has 0 bridgehead atoms. The van der Waals surface area contributed by atoms with E-state index in [1.807, 2.05) is 30.3 Å². The molecule has 414 valence electrons. The van der Waals surface area contributed by atoms with Crippen molar-refractivity contribution >= 4 is 168 Å². The number of fused-ring (bicyclic) bond motifs is 16. The second-order valence-electron chi connectivity index (χ2n) is 22.4. The van der Waals surface area contributed by atoms with Gasteiger partial charge in [-0.2, -0.15) is 0 Å². The van der Waals surface area contributed by atoms with Crippen LogP contribution >= 0.6 is 11.6 Å². The van der Waals surface area contributed by atoms with Crippen LogP contribution in [0.25, 0.3) is 65.4 Å². The summed E-state index contributed by atoms with van der Waals surface area (Å²) in [5.74, 6) is 0. The average Bonchev–Trinajstić information content (AvgIpc) is 1.05. The number of nitrogens with zero attached hydrogens (tertiary/aromatic N) is 4. The van der Waals surface area contributed by atoms with E-state index in [0.717, 1.165) is 106 Å².